The third kappa shape index (κ3) is 2.25. The first-order valence-electron chi connectivity index (χ1n) is 5.22. The number of morpholine rings is 1. The lowest BCUT2D eigenvalue weighted by Gasteiger charge is -2.40. The average molecular weight is 270 g/mol. The molecule has 15 heavy (non-hydrogen) atoms. The summed E-state index contributed by atoms with van der Waals surface area (Å²) in [6.45, 7) is 6.05. The van der Waals surface area contributed by atoms with Gasteiger partial charge in [0.15, 0.2) is 0 Å². The molecule has 2 nitrogen and oxygen atoms in total. The highest BCUT2D eigenvalue weighted by Crippen LogP contribution is 2.35. The summed E-state index contributed by atoms with van der Waals surface area (Å²) in [4.78, 5) is 0. The number of hydrogen-bond donors (Lipinski definition) is 1. The first kappa shape index (κ1) is 11.1. The molecule has 0 spiro atoms. The Morgan fingerprint density at radius 2 is 2.13 bits per heavy atom. The van der Waals surface area contributed by atoms with E-state index in [1.807, 2.05) is 12.1 Å². The fourth-order valence-electron chi connectivity index (χ4n) is 2.02. The predicted molar refractivity (Wildman–Crippen MR) is 64.9 cm³/mol. The van der Waals surface area contributed by atoms with E-state index in [2.05, 4.69) is 47.2 Å². The number of benzene rings is 1. The van der Waals surface area contributed by atoms with E-state index in [4.69, 9.17) is 4.74 Å². The van der Waals surface area contributed by atoms with Gasteiger partial charge in [-0.2, -0.15) is 0 Å². The van der Waals surface area contributed by atoms with E-state index in [-0.39, 0.29) is 11.6 Å². The molecule has 1 saturated heterocycles. The van der Waals surface area contributed by atoms with Crippen molar-refractivity contribution in [2.24, 2.45) is 0 Å². The molecule has 3 heteroatoms. The molecule has 1 N–H and O–H groups in total. The summed E-state index contributed by atoms with van der Waals surface area (Å²) < 4.78 is 6.98. The number of rotatable bonds is 1. The van der Waals surface area contributed by atoms with Crippen molar-refractivity contribution in [3.05, 3.63) is 34.3 Å². The zero-order valence-corrected chi connectivity index (χ0v) is 10.7. The molecule has 0 aromatic heterocycles. The lowest BCUT2D eigenvalue weighted by Crippen LogP contribution is -2.51. The molecule has 0 bridgehead atoms. The van der Waals surface area contributed by atoms with E-state index < -0.39 is 0 Å². The minimum Gasteiger partial charge on any atom is -0.370 e. The molecule has 1 aromatic rings. The topological polar surface area (TPSA) is 21.3 Å². The largest absolute Gasteiger partial charge is 0.370 e. The fourth-order valence-corrected chi connectivity index (χ4v) is 2.51. The molecule has 82 valence electrons. The highest BCUT2D eigenvalue weighted by atomic mass is 79.9. The second kappa shape index (κ2) is 4.24. The van der Waals surface area contributed by atoms with Crippen LogP contribution in [-0.4, -0.2) is 18.7 Å². The maximum absolute atomic E-state index is 5.87. The maximum Gasteiger partial charge on any atom is 0.101 e. The zero-order chi connectivity index (χ0) is 10.9. The third-order valence-electron chi connectivity index (χ3n) is 2.81. The molecule has 0 unspecified atom stereocenters. The van der Waals surface area contributed by atoms with E-state index in [0.717, 1.165) is 17.6 Å². The third-order valence-corrected chi connectivity index (χ3v) is 3.53. The fraction of sp³-hybridized carbons (Fsp3) is 0.500. The van der Waals surface area contributed by atoms with Crippen molar-refractivity contribution in [2.75, 3.05) is 13.2 Å². The van der Waals surface area contributed by atoms with Gasteiger partial charge in [-0.3, -0.25) is 0 Å². The van der Waals surface area contributed by atoms with Crippen LogP contribution in [0.3, 0.4) is 0 Å². The van der Waals surface area contributed by atoms with Gasteiger partial charge in [-0.05, 0) is 25.5 Å². The minimum absolute atomic E-state index is 0.0118. The molecule has 0 aliphatic carbocycles. The van der Waals surface area contributed by atoms with Crippen LogP contribution in [0.25, 0.3) is 0 Å². The monoisotopic (exact) mass is 269 g/mol. The Balaban J connectivity index is 2.33. The van der Waals surface area contributed by atoms with E-state index in [9.17, 15) is 0 Å². The van der Waals surface area contributed by atoms with Crippen molar-refractivity contribution in [3.63, 3.8) is 0 Å². The first-order chi connectivity index (χ1) is 7.11. The van der Waals surface area contributed by atoms with Crippen molar-refractivity contribution in [2.45, 2.75) is 25.5 Å². The van der Waals surface area contributed by atoms with Gasteiger partial charge in [0, 0.05) is 16.6 Å². The van der Waals surface area contributed by atoms with Gasteiger partial charge in [0.25, 0.3) is 0 Å². The smallest absolute Gasteiger partial charge is 0.101 e. The van der Waals surface area contributed by atoms with Crippen LogP contribution in [0.4, 0.5) is 0 Å². The molecular formula is C12H16BrNO. The summed E-state index contributed by atoms with van der Waals surface area (Å²) in [6.07, 6.45) is 0.113. The Hall–Kier alpha value is -0.380. The quantitative estimate of drug-likeness (QED) is 0.847. The number of halogens is 1. The molecule has 1 fully saturated rings. The molecule has 0 saturated carbocycles. The van der Waals surface area contributed by atoms with Gasteiger partial charge in [-0.25, -0.2) is 0 Å². The molecule has 2 rings (SSSR count). The summed E-state index contributed by atoms with van der Waals surface area (Å²) in [6, 6.07) is 8.25. The van der Waals surface area contributed by atoms with E-state index in [1.165, 1.54) is 5.56 Å². The SMILES string of the molecule is CC1(C)NCCO[C@H]1c1ccccc1Br. The average Bonchev–Trinajstić information content (AvgIpc) is 2.19. The normalized spacial score (nSPS) is 25.1. The zero-order valence-electron chi connectivity index (χ0n) is 9.09. The molecular weight excluding hydrogens is 254 g/mol. The Labute approximate surface area is 99.1 Å². The Bertz CT molecular complexity index is 351. The molecule has 1 aliphatic rings. The van der Waals surface area contributed by atoms with Gasteiger partial charge in [0.05, 0.1) is 6.61 Å². The van der Waals surface area contributed by atoms with Crippen LogP contribution in [0, 0.1) is 0 Å². The maximum atomic E-state index is 5.87. The molecule has 1 aromatic carbocycles. The second-order valence-electron chi connectivity index (χ2n) is 4.42. The summed E-state index contributed by atoms with van der Waals surface area (Å²) >= 11 is 3.58. The van der Waals surface area contributed by atoms with Crippen molar-refractivity contribution >= 4 is 15.9 Å². The second-order valence-corrected chi connectivity index (χ2v) is 5.28. The number of ether oxygens (including phenoxy) is 1. The lowest BCUT2D eigenvalue weighted by molar-refractivity contribution is -0.0392. The minimum atomic E-state index is -0.0118. The summed E-state index contributed by atoms with van der Waals surface area (Å²) in [7, 11) is 0. The van der Waals surface area contributed by atoms with Gasteiger partial charge in [0.1, 0.15) is 6.10 Å². The summed E-state index contributed by atoms with van der Waals surface area (Å²) in [5, 5.41) is 3.49. The van der Waals surface area contributed by atoms with Crippen LogP contribution in [0.5, 0.6) is 0 Å². The van der Waals surface area contributed by atoms with Crippen molar-refractivity contribution < 1.29 is 4.74 Å². The molecule has 0 amide bonds. The molecule has 1 atom stereocenters. The van der Waals surface area contributed by atoms with Crippen LogP contribution in [0.15, 0.2) is 28.7 Å². The van der Waals surface area contributed by atoms with Gasteiger partial charge >= 0.3 is 0 Å². The van der Waals surface area contributed by atoms with E-state index in [1.54, 1.807) is 0 Å². The van der Waals surface area contributed by atoms with Crippen LogP contribution in [0.1, 0.15) is 25.5 Å². The van der Waals surface area contributed by atoms with Crippen molar-refractivity contribution in [1.82, 2.24) is 5.32 Å². The van der Waals surface area contributed by atoms with Crippen LogP contribution in [-0.2, 0) is 4.74 Å². The van der Waals surface area contributed by atoms with Gasteiger partial charge in [0.2, 0.25) is 0 Å². The Kier molecular flexibility index (Phi) is 3.14. The summed E-state index contributed by atoms with van der Waals surface area (Å²) in [5.74, 6) is 0. The lowest BCUT2D eigenvalue weighted by atomic mass is 9.90. The number of hydrogen-bond acceptors (Lipinski definition) is 2. The number of nitrogens with one attached hydrogen (secondary N) is 1. The van der Waals surface area contributed by atoms with Gasteiger partial charge in [-0.1, -0.05) is 34.1 Å². The molecule has 0 radical (unpaired) electrons. The highest BCUT2D eigenvalue weighted by molar-refractivity contribution is 9.10. The predicted octanol–water partition coefficient (Wildman–Crippen LogP) is 2.89. The van der Waals surface area contributed by atoms with Gasteiger partial charge in [-0.15, -0.1) is 0 Å². The highest BCUT2D eigenvalue weighted by Gasteiger charge is 2.34. The van der Waals surface area contributed by atoms with Crippen LogP contribution < -0.4 is 5.32 Å². The van der Waals surface area contributed by atoms with Crippen molar-refractivity contribution in [3.8, 4) is 0 Å². The molecule has 1 aliphatic heterocycles. The van der Waals surface area contributed by atoms with Gasteiger partial charge < -0.3 is 10.1 Å². The van der Waals surface area contributed by atoms with E-state index >= 15 is 0 Å². The first-order valence-corrected chi connectivity index (χ1v) is 6.01. The Morgan fingerprint density at radius 1 is 1.40 bits per heavy atom. The standard InChI is InChI=1S/C12H16BrNO/c1-12(2)11(15-8-7-14-12)9-5-3-4-6-10(9)13/h3-6,11,14H,7-8H2,1-2H3/t11-/m0/s1. The van der Waals surface area contributed by atoms with Crippen LogP contribution >= 0.6 is 15.9 Å². The summed E-state index contributed by atoms with van der Waals surface area (Å²) in [5.41, 5.74) is 1.21. The van der Waals surface area contributed by atoms with Crippen LogP contribution in [0.2, 0.25) is 0 Å². The Morgan fingerprint density at radius 3 is 2.80 bits per heavy atom. The van der Waals surface area contributed by atoms with Crippen molar-refractivity contribution in [1.29, 1.82) is 0 Å². The van der Waals surface area contributed by atoms with E-state index in [0.29, 0.717) is 0 Å². The molecule has 1 heterocycles.